The van der Waals surface area contributed by atoms with E-state index in [-0.39, 0.29) is 5.56 Å². The predicted molar refractivity (Wildman–Crippen MR) is 68.9 cm³/mol. The molecule has 2 rings (SSSR count). The SMILES string of the molecule is Cn1ccc(CNc2ccc(Cl)cc2C(=O)O)n1. The van der Waals surface area contributed by atoms with E-state index < -0.39 is 5.97 Å². The van der Waals surface area contributed by atoms with Crippen LogP contribution in [0.1, 0.15) is 16.1 Å². The zero-order valence-corrected chi connectivity index (χ0v) is 10.5. The molecule has 1 aromatic carbocycles. The van der Waals surface area contributed by atoms with Crippen LogP contribution in [0.4, 0.5) is 5.69 Å². The maximum atomic E-state index is 11.1. The van der Waals surface area contributed by atoms with Crippen LogP contribution in [0.25, 0.3) is 0 Å². The predicted octanol–water partition coefficient (Wildman–Crippen LogP) is 2.38. The number of anilines is 1. The average Bonchev–Trinajstić information content (AvgIpc) is 2.73. The molecular weight excluding hydrogens is 254 g/mol. The monoisotopic (exact) mass is 265 g/mol. The van der Waals surface area contributed by atoms with Gasteiger partial charge in [-0.15, -0.1) is 0 Å². The van der Waals surface area contributed by atoms with E-state index in [2.05, 4.69) is 10.4 Å². The second kappa shape index (κ2) is 5.10. The number of aromatic carboxylic acids is 1. The molecule has 6 heteroatoms. The molecule has 0 saturated carbocycles. The molecule has 0 aliphatic carbocycles. The van der Waals surface area contributed by atoms with Crippen molar-refractivity contribution in [3.05, 3.63) is 46.7 Å². The van der Waals surface area contributed by atoms with Gasteiger partial charge in [0.1, 0.15) is 0 Å². The Bertz CT molecular complexity index is 580. The van der Waals surface area contributed by atoms with E-state index in [0.29, 0.717) is 17.3 Å². The number of halogens is 1. The smallest absolute Gasteiger partial charge is 0.337 e. The molecule has 1 aromatic heterocycles. The van der Waals surface area contributed by atoms with Crippen LogP contribution >= 0.6 is 11.6 Å². The van der Waals surface area contributed by atoms with E-state index in [9.17, 15) is 4.79 Å². The van der Waals surface area contributed by atoms with Gasteiger partial charge < -0.3 is 10.4 Å². The summed E-state index contributed by atoms with van der Waals surface area (Å²) in [6, 6.07) is 6.58. The Morgan fingerprint density at radius 2 is 2.28 bits per heavy atom. The molecule has 18 heavy (non-hydrogen) atoms. The third kappa shape index (κ3) is 2.81. The van der Waals surface area contributed by atoms with Crippen LogP contribution in [-0.4, -0.2) is 20.9 Å². The van der Waals surface area contributed by atoms with Crippen molar-refractivity contribution in [3.8, 4) is 0 Å². The van der Waals surface area contributed by atoms with Crippen LogP contribution in [0.5, 0.6) is 0 Å². The molecule has 0 aliphatic rings. The molecule has 0 amide bonds. The summed E-state index contributed by atoms with van der Waals surface area (Å²) in [5.41, 5.74) is 1.51. The first-order chi connectivity index (χ1) is 8.56. The Labute approximate surface area is 109 Å². The molecule has 94 valence electrons. The number of carboxylic acids is 1. The number of aryl methyl sites for hydroxylation is 1. The summed E-state index contributed by atoms with van der Waals surface area (Å²) in [6.07, 6.45) is 1.83. The van der Waals surface area contributed by atoms with Gasteiger partial charge in [0.15, 0.2) is 0 Å². The Morgan fingerprint density at radius 1 is 1.50 bits per heavy atom. The molecule has 2 N–H and O–H groups in total. The normalized spacial score (nSPS) is 10.3. The Balaban J connectivity index is 2.16. The van der Waals surface area contributed by atoms with Crippen molar-refractivity contribution < 1.29 is 9.90 Å². The molecule has 0 bridgehead atoms. The minimum absolute atomic E-state index is 0.151. The van der Waals surface area contributed by atoms with Gasteiger partial charge in [0.2, 0.25) is 0 Å². The second-order valence-electron chi connectivity index (χ2n) is 3.83. The van der Waals surface area contributed by atoms with E-state index in [4.69, 9.17) is 16.7 Å². The number of hydrogen-bond acceptors (Lipinski definition) is 3. The molecule has 0 radical (unpaired) electrons. The lowest BCUT2D eigenvalue weighted by molar-refractivity contribution is 0.0698. The third-order valence-corrected chi connectivity index (χ3v) is 2.68. The number of nitrogens with one attached hydrogen (secondary N) is 1. The molecule has 2 aromatic rings. The number of rotatable bonds is 4. The van der Waals surface area contributed by atoms with Crippen LogP contribution in [0.3, 0.4) is 0 Å². The zero-order chi connectivity index (χ0) is 13.1. The summed E-state index contributed by atoms with van der Waals surface area (Å²) in [4.78, 5) is 11.1. The van der Waals surface area contributed by atoms with E-state index in [1.165, 1.54) is 6.07 Å². The summed E-state index contributed by atoms with van der Waals surface area (Å²) in [7, 11) is 1.83. The first kappa shape index (κ1) is 12.4. The highest BCUT2D eigenvalue weighted by molar-refractivity contribution is 6.31. The minimum atomic E-state index is -1.01. The standard InChI is InChI=1S/C12H12ClN3O2/c1-16-5-4-9(15-16)7-14-11-3-2-8(13)6-10(11)12(17)18/h2-6,14H,7H2,1H3,(H,17,18). The van der Waals surface area contributed by atoms with Crippen LogP contribution in [0.15, 0.2) is 30.5 Å². The van der Waals surface area contributed by atoms with E-state index in [1.54, 1.807) is 16.8 Å². The van der Waals surface area contributed by atoms with Gasteiger partial charge in [-0.2, -0.15) is 5.10 Å². The lowest BCUT2D eigenvalue weighted by Crippen LogP contribution is -2.07. The van der Waals surface area contributed by atoms with Crippen molar-refractivity contribution in [1.29, 1.82) is 0 Å². The van der Waals surface area contributed by atoms with Crippen LogP contribution in [-0.2, 0) is 13.6 Å². The van der Waals surface area contributed by atoms with Gasteiger partial charge in [-0.05, 0) is 24.3 Å². The number of aromatic nitrogens is 2. The molecule has 1 heterocycles. The van der Waals surface area contributed by atoms with Gasteiger partial charge in [0.05, 0.1) is 17.8 Å². The van der Waals surface area contributed by atoms with Gasteiger partial charge in [0, 0.05) is 24.0 Å². The maximum Gasteiger partial charge on any atom is 0.337 e. The quantitative estimate of drug-likeness (QED) is 0.891. The van der Waals surface area contributed by atoms with Crippen molar-refractivity contribution >= 4 is 23.3 Å². The Morgan fingerprint density at radius 3 is 2.89 bits per heavy atom. The third-order valence-electron chi connectivity index (χ3n) is 2.44. The van der Waals surface area contributed by atoms with Crippen LogP contribution in [0.2, 0.25) is 5.02 Å². The first-order valence-electron chi connectivity index (χ1n) is 5.31. The molecule has 0 saturated heterocycles. The Hall–Kier alpha value is -2.01. The number of carbonyl (C=O) groups is 1. The van der Waals surface area contributed by atoms with Gasteiger partial charge >= 0.3 is 5.97 Å². The van der Waals surface area contributed by atoms with Gasteiger partial charge in [0.25, 0.3) is 0 Å². The Kier molecular flexibility index (Phi) is 3.53. The number of hydrogen-bond donors (Lipinski definition) is 2. The van der Waals surface area contributed by atoms with Gasteiger partial charge in [-0.25, -0.2) is 4.79 Å². The fraction of sp³-hybridized carbons (Fsp3) is 0.167. The summed E-state index contributed by atoms with van der Waals surface area (Å²) >= 11 is 5.77. The molecule has 0 aliphatic heterocycles. The van der Waals surface area contributed by atoms with Crippen molar-refractivity contribution in [1.82, 2.24) is 9.78 Å². The second-order valence-corrected chi connectivity index (χ2v) is 4.27. The molecule has 0 atom stereocenters. The lowest BCUT2D eigenvalue weighted by atomic mass is 10.2. The van der Waals surface area contributed by atoms with Crippen molar-refractivity contribution in [2.24, 2.45) is 7.05 Å². The minimum Gasteiger partial charge on any atom is -0.478 e. The fourth-order valence-corrected chi connectivity index (χ4v) is 1.76. The van der Waals surface area contributed by atoms with Crippen molar-refractivity contribution in [2.45, 2.75) is 6.54 Å². The first-order valence-corrected chi connectivity index (χ1v) is 5.69. The summed E-state index contributed by atoms with van der Waals surface area (Å²) < 4.78 is 1.69. The fourth-order valence-electron chi connectivity index (χ4n) is 1.59. The molecule has 0 spiro atoms. The maximum absolute atomic E-state index is 11.1. The van der Waals surface area contributed by atoms with E-state index in [0.717, 1.165) is 5.69 Å². The summed E-state index contributed by atoms with van der Waals surface area (Å²) in [5.74, 6) is -1.01. The average molecular weight is 266 g/mol. The van der Waals surface area contributed by atoms with Crippen LogP contribution in [0, 0.1) is 0 Å². The molecular formula is C12H12ClN3O2. The summed E-state index contributed by atoms with van der Waals surface area (Å²) in [5, 5.41) is 16.7. The summed E-state index contributed by atoms with van der Waals surface area (Å²) in [6.45, 7) is 0.461. The van der Waals surface area contributed by atoms with Crippen molar-refractivity contribution in [3.63, 3.8) is 0 Å². The number of nitrogens with zero attached hydrogens (tertiary/aromatic N) is 2. The lowest BCUT2D eigenvalue weighted by Gasteiger charge is -2.08. The van der Waals surface area contributed by atoms with Crippen molar-refractivity contribution in [2.75, 3.05) is 5.32 Å². The number of carboxylic acid groups (broad SMARTS) is 1. The topological polar surface area (TPSA) is 67.2 Å². The highest BCUT2D eigenvalue weighted by Gasteiger charge is 2.10. The van der Waals surface area contributed by atoms with Crippen LogP contribution < -0.4 is 5.32 Å². The highest BCUT2D eigenvalue weighted by Crippen LogP contribution is 2.21. The van der Waals surface area contributed by atoms with E-state index in [1.807, 2.05) is 19.3 Å². The van der Waals surface area contributed by atoms with Gasteiger partial charge in [-0.3, -0.25) is 4.68 Å². The molecule has 0 fully saturated rings. The van der Waals surface area contributed by atoms with E-state index >= 15 is 0 Å². The number of benzene rings is 1. The van der Waals surface area contributed by atoms with Gasteiger partial charge in [-0.1, -0.05) is 11.6 Å². The molecule has 5 nitrogen and oxygen atoms in total. The largest absolute Gasteiger partial charge is 0.478 e. The zero-order valence-electron chi connectivity index (χ0n) is 9.72. The molecule has 0 unspecified atom stereocenters. The highest BCUT2D eigenvalue weighted by atomic mass is 35.5.